The lowest BCUT2D eigenvalue weighted by Gasteiger charge is -2.21. The molecule has 0 amide bonds. The van der Waals surface area contributed by atoms with Gasteiger partial charge in [-0.05, 0) is 23.0 Å². The highest BCUT2D eigenvalue weighted by Crippen LogP contribution is 2.24. The third-order valence-electron chi connectivity index (χ3n) is 2.99. The molecule has 1 rings (SSSR count). The van der Waals surface area contributed by atoms with Crippen molar-refractivity contribution in [2.45, 2.75) is 51.7 Å². The van der Waals surface area contributed by atoms with Gasteiger partial charge in [0.05, 0.1) is 12.1 Å². The van der Waals surface area contributed by atoms with Gasteiger partial charge in [-0.25, -0.2) is 0 Å². The van der Waals surface area contributed by atoms with Crippen molar-refractivity contribution in [2.24, 2.45) is 5.73 Å². The lowest BCUT2D eigenvalue weighted by atomic mass is 9.86. The molecule has 0 aliphatic heterocycles. The summed E-state index contributed by atoms with van der Waals surface area (Å²) in [6, 6.07) is 7.95. The maximum atomic E-state index is 9.68. The van der Waals surface area contributed by atoms with E-state index in [1.54, 1.807) is 0 Å². The maximum absolute atomic E-state index is 9.68. The average Bonchev–Trinajstić information content (AvgIpc) is 2.26. The Labute approximate surface area is 98.5 Å². The molecule has 0 unspecified atom stereocenters. The largest absolute Gasteiger partial charge is 0.391 e. The van der Waals surface area contributed by atoms with Crippen LogP contribution < -0.4 is 5.73 Å². The molecular weight excluding hydrogens is 198 g/mol. The fourth-order valence-corrected chi connectivity index (χ4v) is 1.68. The lowest BCUT2D eigenvalue weighted by Crippen LogP contribution is -2.25. The molecule has 0 aliphatic rings. The molecule has 3 N–H and O–H groups in total. The van der Waals surface area contributed by atoms with Crippen LogP contribution in [0.1, 0.15) is 51.3 Å². The molecule has 0 aliphatic carbocycles. The second-order valence-electron chi connectivity index (χ2n) is 5.37. The summed E-state index contributed by atoms with van der Waals surface area (Å²) in [6.07, 6.45) is 0.225. The van der Waals surface area contributed by atoms with Crippen molar-refractivity contribution >= 4 is 0 Å². The molecule has 16 heavy (non-hydrogen) atoms. The van der Waals surface area contributed by atoms with Crippen LogP contribution >= 0.6 is 0 Å². The van der Waals surface area contributed by atoms with E-state index in [9.17, 15) is 5.11 Å². The van der Waals surface area contributed by atoms with Gasteiger partial charge in [0, 0.05) is 0 Å². The highest BCUT2D eigenvalue weighted by atomic mass is 16.3. The zero-order valence-corrected chi connectivity index (χ0v) is 10.7. The summed E-state index contributed by atoms with van der Waals surface area (Å²) in [6.45, 7) is 8.49. The summed E-state index contributed by atoms with van der Waals surface area (Å²) < 4.78 is 0. The predicted molar refractivity (Wildman–Crippen MR) is 68.4 cm³/mol. The SMILES string of the molecule is CC[C@@H](O)[C@@H](N)c1ccc(C(C)(C)C)cc1. The van der Waals surface area contributed by atoms with E-state index in [0.717, 1.165) is 5.56 Å². The molecule has 1 aromatic rings. The van der Waals surface area contributed by atoms with Crippen LogP contribution in [-0.4, -0.2) is 11.2 Å². The van der Waals surface area contributed by atoms with Crippen molar-refractivity contribution < 1.29 is 5.11 Å². The molecule has 2 heteroatoms. The quantitative estimate of drug-likeness (QED) is 0.824. The van der Waals surface area contributed by atoms with E-state index in [2.05, 4.69) is 32.9 Å². The molecule has 1 aromatic carbocycles. The van der Waals surface area contributed by atoms with Crippen LogP contribution in [0.2, 0.25) is 0 Å². The number of benzene rings is 1. The van der Waals surface area contributed by atoms with Crippen molar-refractivity contribution in [3.63, 3.8) is 0 Å². The molecule has 0 fully saturated rings. The summed E-state index contributed by atoms with van der Waals surface area (Å²) in [5.41, 5.74) is 8.41. The Morgan fingerprint density at radius 3 is 2.06 bits per heavy atom. The van der Waals surface area contributed by atoms with E-state index in [4.69, 9.17) is 5.73 Å². The topological polar surface area (TPSA) is 46.2 Å². The van der Waals surface area contributed by atoms with Crippen molar-refractivity contribution in [2.75, 3.05) is 0 Å². The van der Waals surface area contributed by atoms with Crippen molar-refractivity contribution in [1.82, 2.24) is 0 Å². The summed E-state index contributed by atoms with van der Waals surface area (Å²) in [5.74, 6) is 0. The normalized spacial score (nSPS) is 15.9. The van der Waals surface area contributed by atoms with Gasteiger partial charge in [0.1, 0.15) is 0 Å². The number of rotatable bonds is 3. The third-order valence-corrected chi connectivity index (χ3v) is 2.99. The molecule has 0 bridgehead atoms. The number of nitrogens with two attached hydrogens (primary N) is 1. The van der Waals surface area contributed by atoms with Gasteiger partial charge in [-0.2, -0.15) is 0 Å². The second kappa shape index (κ2) is 4.98. The van der Waals surface area contributed by atoms with Crippen LogP contribution in [0.4, 0.5) is 0 Å². The van der Waals surface area contributed by atoms with Crippen molar-refractivity contribution in [3.05, 3.63) is 35.4 Å². The molecule has 0 radical (unpaired) electrons. The highest BCUT2D eigenvalue weighted by Gasteiger charge is 2.17. The first-order chi connectivity index (χ1) is 7.36. The maximum Gasteiger partial charge on any atom is 0.0730 e. The highest BCUT2D eigenvalue weighted by molar-refractivity contribution is 5.29. The van der Waals surface area contributed by atoms with E-state index in [0.29, 0.717) is 6.42 Å². The van der Waals surface area contributed by atoms with Crippen LogP contribution in [0, 0.1) is 0 Å². The average molecular weight is 221 g/mol. The fourth-order valence-electron chi connectivity index (χ4n) is 1.68. The Morgan fingerprint density at radius 2 is 1.69 bits per heavy atom. The van der Waals surface area contributed by atoms with Gasteiger partial charge >= 0.3 is 0 Å². The summed E-state index contributed by atoms with van der Waals surface area (Å²) in [7, 11) is 0. The van der Waals surface area contributed by atoms with E-state index in [1.807, 2.05) is 19.1 Å². The zero-order valence-electron chi connectivity index (χ0n) is 10.7. The Hall–Kier alpha value is -0.860. The number of aliphatic hydroxyl groups excluding tert-OH is 1. The van der Waals surface area contributed by atoms with Gasteiger partial charge in [-0.3, -0.25) is 0 Å². The van der Waals surface area contributed by atoms with Crippen LogP contribution in [-0.2, 0) is 5.41 Å². The predicted octanol–water partition coefficient (Wildman–Crippen LogP) is 2.75. The van der Waals surface area contributed by atoms with Crippen LogP contribution in [0.25, 0.3) is 0 Å². The number of hydrogen-bond donors (Lipinski definition) is 2. The summed E-state index contributed by atoms with van der Waals surface area (Å²) in [4.78, 5) is 0. The Bertz CT molecular complexity index is 324. The molecule has 0 heterocycles. The van der Waals surface area contributed by atoms with Gasteiger partial charge in [-0.15, -0.1) is 0 Å². The van der Waals surface area contributed by atoms with Crippen LogP contribution in [0.3, 0.4) is 0 Å². The van der Waals surface area contributed by atoms with Crippen LogP contribution in [0.5, 0.6) is 0 Å². The molecule has 0 spiro atoms. The monoisotopic (exact) mass is 221 g/mol. The molecule has 0 saturated heterocycles. The minimum atomic E-state index is -0.458. The van der Waals surface area contributed by atoms with E-state index < -0.39 is 6.10 Å². The molecule has 0 aromatic heterocycles. The first kappa shape index (κ1) is 13.2. The minimum Gasteiger partial charge on any atom is -0.391 e. The number of aliphatic hydroxyl groups is 1. The Morgan fingerprint density at radius 1 is 1.19 bits per heavy atom. The zero-order chi connectivity index (χ0) is 12.3. The van der Waals surface area contributed by atoms with Crippen molar-refractivity contribution in [1.29, 1.82) is 0 Å². The van der Waals surface area contributed by atoms with Gasteiger partial charge in [0.2, 0.25) is 0 Å². The van der Waals surface area contributed by atoms with Crippen LogP contribution in [0.15, 0.2) is 24.3 Å². The fraction of sp³-hybridized carbons (Fsp3) is 0.571. The van der Waals surface area contributed by atoms with E-state index >= 15 is 0 Å². The Kier molecular flexibility index (Phi) is 4.11. The number of hydrogen-bond acceptors (Lipinski definition) is 2. The van der Waals surface area contributed by atoms with E-state index in [1.165, 1.54) is 5.56 Å². The second-order valence-corrected chi connectivity index (χ2v) is 5.37. The lowest BCUT2D eigenvalue weighted by molar-refractivity contribution is 0.140. The molecular formula is C14H23NO. The Balaban J connectivity index is 2.87. The molecule has 0 saturated carbocycles. The van der Waals surface area contributed by atoms with E-state index in [-0.39, 0.29) is 11.5 Å². The summed E-state index contributed by atoms with van der Waals surface area (Å²) in [5, 5.41) is 9.68. The van der Waals surface area contributed by atoms with Crippen molar-refractivity contribution in [3.8, 4) is 0 Å². The first-order valence-corrected chi connectivity index (χ1v) is 5.90. The smallest absolute Gasteiger partial charge is 0.0730 e. The van der Waals surface area contributed by atoms with Gasteiger partial charge in [0.25, 0.3) is 0 Å². The molecule has 2 nitrogen and oxygen atoms in total. The molecule has 90 valence electrons. The molecule has 2 atom stereocenters. The third kappa shape index (κ3) is 3.06. The van der Waals surface area contributed by atoms with Gasteiger partial charge in [-0.1, -0.05) is 52.0 Å². The minimum absolute atomic E-state index is 0.159. The van der Waals surface area contributed by atoms with Gasteiger partial charge < -0.3 is 10.8 Å². The standard InChI is InChI=1S/C14H23NO/c1-5-12(16)13(15)10-6-8-11(9-7-10)14(2,3)4/h6-9,12-13,16H,5,15H2,1-4H3/t12-,13+/m1/s1. The first-order valence-electron chi connectivity index (χ1n) is 5.90. The van der Waals surface area contributed by atoms with Gasteiger partial charge in [0.15, 0.2) is 0 Å². The summed E-state index contributed by atoms with van der Waals surface area (Å²) >= 11 is 0.